The summed E-state index contributed by atoms with van der Waals surface area (Å²) >= 11 is 1.93. The molecule has 0 radical (unpaired) electrons. The van der Waals surface area contributed by atoms with Crippen LogP contribution in [-0.2, 0) is 17.3 Å². The van der Waals surface area contributed by atoms with E-state index in [9.17, 15) is 5.11 Å². The van der Waals surface area contributed by atoms with Crippen molar-refractivity contribution in [2.45, 2.75) is 65.7 Å². The molecule has 0 aromatic carbocycles. The molecule has 2 heteroatoms. The first-order valence-corrected chi connectivity index (χ1v) is 7.14. The lowest BCUT2D eigenvalue weighted by atomic mass is 9.86. The van der Waals surface area contributed by atoms with E-state index < -0.39 is 0 Å². The molecule has 0 unspecified atom stereocenters. The molecular weight excluding hydrogens is 228 g/mol. The Bertz CT molecular complexity index is 388. The van der Waals surface area contributed by atoms with Gasteiger partial charge in [-0.05, 0) is 35.3 Å². The number of rotatable bonds is 2. The molecular formula is C15H26OS. The van der Waals surface area contributed by atoms with E-state index in [4.69, 9.17) is 0 Å². The quantitative estimate of drug-likeness (QED) is 0.839. The van der Waals surface area contributed by atoms with E-state index in [1.165, 1.54) is 20.9 Å². The summed E-state index contributed by atoms with van der Waals surface area (Å²) in [4.78, 5) is 2.90. The fourth-order valence-corrected chi connectivity index (χ4v) is 3.75. The molecule has 0 fully saturated rings. The molecule has 1 heterocycles. The van der Waals surface area contributed by atoms with Crippen molar-refractivity contribution in [2.75, 3.05) is 6.61 Å². The molecule has 0 aliphatic rings. The summed E-state index contributed by atoms with van der Waals surface area (Å²) < 4.78 is 0. The van der Waals surface area contributed by atoms with Crippen molar-refractivity contribution < 1.29 is 5.11 Å². The predicted octanol–water partition coefficient (Wildman–Crippen LogP) is 4.19. The first-order valence-electron chi connectivity index (χ1n) is 6.33. The first kappa shape index (κ1) is 14.7. The highest BCUT2D eigenvalue weighted by molar-refractivity contribution is 7.12. The van der Waals surface area contributed by atoms with Crippen molar-refractivity contribution in [2.24, 2.45) is 0 Å². The summed E-state index contributed by atoms with van der Waals surface area (Å²) in [5, 5.41) is 9.25. The third-order valence-electron chi connectivity index (χ3n) is 3.00. The Morgan fingerprint density at radius 3 is 1.76 bits per heavy atom. The van der Waals surface area contributed by atoms with E-state index in [0.717, 1.165) is 6.42 Å². The number of hydrogen-bond donors (Lipinski definition) is 1. The molecule has 0 spiro atoms. The maximum absolute atomic E-state index is 9.25. The average Bonchev–Trinajstić information content (AvgIpc) is 2.43. The van der Waals surface area contributed by atoms with Crippen molar-refractivity contribution in [3.05, 3.63) is 20.9 Å². The smallest absolute Gasteiger partial charge is 0.0471 e. The first-order chi connectivity index (χ1) is 7.59. The van der Waals surface area contributed by atoms with Gasteiger partial charge in [0.05, 0.1) is 0 Å². The minimum Gasteiger partial charge on any atom is -0.396 e. The molecule has 0 saturated carbocycles. The second-order valence-electron chi connectivity index (χ2n) is 6.84. The topological polar surface area (TPSA) is 20.2 Å². The van der Waals surface area contributed by atoms with Crippen LogP contribution in [0.25, 0.3) is 0 Å². The van der Waals surface area contributed by atoms with Gasteiger partial charge in [0.15, 0.2) is 0 Å². The standard InChI is InChI=1S/C15H26OS/c1-10-11(8-9-16)13(15(5,6)7)17-12(10)14(2,3)4/h16H,8-9H2,1-7H3. The molecule has 1 rings (SSSR count). The molecule has 1 aromatic rings. The molecule has 0 aliphatic carbocycles. The second kappa shape index (κ2) is 4.74. The number of aliphatic hydroxyl groups excluding tert-OH is 1. The van der Waals surface area contributed by atoms with Gasteiger partial charge in [-0.2, -0.15) is 0 Å². The third kappa shape index (κ3) is 3.11. The van der Waals surface area contributed by atoms with Crippen LogP contribution in [0, 0.1) is 6.92 Å². The van der Waals surface area contributed by atoms with E-state index >= 15 is 0 Å². The minimum absolute atomic E-state index is 0.170. The van der Waals surface area contributed by atoms with Gasteiger partial charge >= 0.3 is 0 Å². The molecule has 17 heavy (non-hydrogen) atoms. The lowest BCUT2D eigenvalue weighted by Gasteiger charge is -2.19. The Hall–Kier alpha value is -0.340. The van der Waals surface area contributed by atoms with Gasteiger partial charge < -0.3 is 5.11 Å². The highest BCUT2D eigenvalue weighted by Gasteiger charge is 2.28. The maximum atomic E-state index is 9.25. The molecule has 0 bridgehead atoms. The Kier molecular flexibility index (Phi) is 4.10. The van der Waals surface area contributed by atoms with Crippen LogP contribution < -0.4 is 0 Å². The number of thiophene rings is 1. The molecule has 1 aromatic heterocycles. The summed E-state index contributed by atoms with van der Waals surface area (Å²) in [6.07, 6.45) is 0.783. The molecule has 0 atom stereocenters. The van der Waals surface area contributed by atoms with Gasteiger partial charge in [0.1, 0.15) is 0 Å². The Morgan fingerprint density at radius 1 is 0.941 bits per heavy atom. The van der Waals surface area contributed by atoms with Gasteiger partial charge in [-0.25, -0.2) is 0 Å². The SMILES string of the molecule is Cc1c(C(C)(C)C)sc(C(C)(C)C)c1CCO. The highest BCUT2D eigenvalue weighted by atomic mass is 32.1. The lowest BCUT2D eigenvalue weighted by Crippen LogP contribution is -2.12. The zero-order valence-corrected chi connectivity index (χ0v) is 13.1. The molecule has 0 saturated heterocycles. The largest absolute Gasteiger partial charge is 0.396 e. The fourth-order valence-electron chi connectivity index (χ4n) is 2.28. The highest BCUT2D eigenvalue weighted by Crippen LogP contribution is 2.42. The summed E-state index contributed by atoms with van der Waals surface area (Å²) in [6, 6.07) is 0. The van der Waals surface area contributed by atoms with Crippen LogP contribution in [0.3, 0.4) is 0 Å². The zero-order chi connectivity index (χ0) is 13.4. The van der Waals surface area contributed by atoms with Crippen LogP contribution in [-0.4, -0.2) is 11.7 Å². The van der Waals surface area contributed by atoms with Gasteiger partial charge in [-0.1, -0.05) is 41.5 Å². The maximum Gasteiger partial charge on any atom is 0.0471 e. The van der Waals surface area contributed by atoms with Gasteiger partial charge in [-0.15, -0.1) is 11.3 Å². The van der Waals surface area contributed by atoms with Crippen LogP contribution in [0.4, 0.5) is 0 Å². The van der Waals surface area contributed by atoms with Gasteiger partial charge in [-0.3, -0.25) is 0 Å². The van der Waals surface area contributed by atoms with E-state index in [1.54, 1.807) is 0 Å². The summed E-state index contributed by atoms with van der Waals surface area (Å²) in [7, 11) is 0. The van der Waals surface area contributed by atoms with E-state index in [0.29, 0.717) is 0 Å². The summed E-state index contributed by atoms with van der Waals surface area (Å²) in [5.74, 6) is 0. The monoisotopic (exact) mass is 254 g/mol. The van der Waals surface area contributed by atoms with Crippen molar-refractivity contribution in [1.82, 2.24) is 0 Å². The van der Waals surface area contributed by atoms with Gasteiger partial charge in [0.2, 0.25) is 0 Å². The lowest BCUT2D eigenvalue weighted by molar-refractivity contribution is 0.298. The number of hydrogen-bond acceptors (Lipinski definition) is 2. The molecule has 98 valence electrons. The van der Waals surface area contributed by atoms with Crippen LogP contribution in [0.1, 0.15) is 62.4 Å². The molecule has 1 N–H and O–H groups in total. The van der Waals surface area contributed by atoms with E-state index in [1.807, 2.05) is 11.3 Å². The molecule has 1 nitrogen and oxygen atoms in total. The van der Waals surface area contributed by atoms with Crippen LogP contribution in [0.5, 0.6) is 0 Å². The fraction of sp³-hybridized carbons (Fsp3) is 0.733. The van der Waals surface area contributed by atoms with Crippen molar-refractivity contribution in [3.63, 3.8) is 0 Å². The summed E-state index contributed by atoms with van der Waals surface area (Å²) in [6.45, 7) is 16.0. The minimum atomic E-state index is 0.170. The third-order valence-corrected chi connectivity index (χ3v) is 5.18. The summed E-state index contributed by atoms with van der Waals surface area (Å²) in [5.41, 5.74) is 3.13. The zero-order valence-electron chi connectivity index (χ0n) is 12.3. The van der Waals surface area contributed by atoms with Gasteiger partial charge in [0, 0.05) is 16.4 Å². The van der Waals surface area contributed by atoms with Crippen molar-refractivity contribution in [1.29, 1.82) is 0 Å². The number of aliphatic hydroxyl groups is 1. The average molecular weight is 254 g/mol. The van der Waals surface area contributed by atoms with Crippen molar-refractivity contribution in [3.8, 4) is 0 Å². The Labute approximate surface area is 110 Å². The Balaban J connectivity index is 3.41. The van der Waals surface area contributed by atoms with Gasteiger partial charge in [0.25, 0.3) is 0 Å². The van der Waals surface area contributed by atoms with Crippen LogP contribution >= 0.6 is 11.3 Å². The van der Waals surface area contributed by atoms with Crippen LogP contribution in [0.15, 0.2) is 0 Å². The molecule has 0 amide bonds. The van der Waals surface area contributed by atoms with Crippen LogP contribution in [0.2, 0.25) is 0 Å². The normalized spacial score (nSPS) is 13.2. The van der Waals surface area contributed by atoms with E-state index in [2.05, 4.69) is 48.5 Å². The Morgan fingerprint density at radius 2 is 1.41 bits per heavy atom. The second-order valence-corrected chi connectivity index (χ2v) is 7.86. The van der Waals surface area contributed by atoms with Crippen molar-refractivity contribution >= 4 is 11.3 Å². The molecule has 0 aliphatic heterocycles. The predicted molar refractivity (Wildman–Crippen MR) is 77.2 cm³/mol. The van der Waals surface area contributed by atoms with E-state index in [-0.39, 0.29) is 17.4 Å².